The second kappa shape index (κ2) is 3.83. The minimum absolute atomic E-state index is 0.110. The van der Waals surface area contributed by atoms with Crippen LogP contribution in [0.4, 0.5) is 0 Å². The Morgan fingerprint density at radius 3 is 2.75 bits per heavy atom. The zero-order valence-electron chi connectivity index (χ0n) is 8.64. The van der Waals surface area contributed by atoms with Crippen LogP contribution in [0.1, 0.15) is 10.9 Å². The molecule has 2 nitrogen and oxygen atoms in total. The summed E-state index contributed by atoms with van der Waals surface area (Å²) in [5, 5.41) is 5.55. The van der Waals surface area contributed by atoms with Gasteiger partial charge in [-0.05, 0) is 16.3 Å². The quantitative estimate of drug-likeness (QED) is 0.814. The van der Waals surface area contributed by atoms with E-state index in [2.05, 4.69) is 29.6 Å². The van der Waals surface area contributed by atoms with Crippen molar-refractivity contribution >= 4 is 28.4 Å². The van der Waals surface area contributed by atoms with Crippen LogP contribution in [-0.2, 0) is 4.79 Å². The van der Waals surface area contributed by atoms with Crippen molar-refractivity contribution in [1.29, 1.82) is 0 Å². The van der Waals surface area contributed by atoms with Crippen LogP contribution in [0, 0.1) is 0 Å². The lowest BCUT2D eigenvalue weighted by Gasteiger charge is -2.12. The Balaban J connectivity index is 2.13. The highest BCUT2D eigenvalue weighted by molar-refractivity contribution is 8.00. The maximum Gasteiger partial charge on any atom is 0.231 e. The van der Waals surface area contributed by atoms with Gasteiger partial charge in [0.1, 0.15) is 5.37 Å². The highest BCUT2D eigenvalue weighted by atomic mass is 32.2. The molecule has 2 aromatic rings. The number of amides is 1. The van der Waals surface area contributed by atoms with Crippen LogP contribution in [0.5, 0.6) is 0 Å². The summed E-state index contributed by atoms with van der Waals surface area (Å²) in [6.07, 6.45) is 0. The summed E-state index contributed by atoms with van der Waals surface area (Å²) in [5.41, 5.74) is 1.20. The minimum atomic E-state index is 0.110. The standard InChI is InChI=1S/C13H11NOS/c15-12-8-16-13(14-12)11-7-3-5-9-4-1-2-6-10(9)11/h1-7,13H,8H2,(H,14,15). The van der Waals surface area contributed by atoms with Crippen molar-refractivity contribution < 1.29 is 4.79 Å². The van der Waals surface area contributed by atoms with Gasteiger partial charge in [0, 0.05) is 0 Å². The molecular weight excluding hydrogens is 218 g/mol. The summed E-state index contributed by atoms with van der Waals surface area (Å²) in [7, 11) is 0. The second-order valence-electron chi connectivity index (χ2n) is 3.83. The first-order valence-electron chi connectivity index (χ1n) is 5.23. The molecule has 3 heteroatoms. The van der Waals surface area contributed by atoms with Gasteiger partial charge in [-0.3, -0.25) is 4.79 Å². The van der Waals surface area contributed by atoms with E-state index in [1.54, 1.807) is 11.8 Å². The van der Waals surface area contributed by atoms with Crippen LogP contribution < -0.4 is 5.32 Å². The second-order valence-corrected chi connectivity index (χ2v) is 4.92. The van der Waals surface area contributed by atoms with Gasteiger partial charge in [-0.1, -0.05) is 42.5 Å². The van der Waals surface area contributed by atoms with Gasteiger partial charge in [0.2, 0.25) is 5.91 Å². The van der Waals surface area contributed by atoms with Gasteiger partial charge in [-0.2, -0.15) is 0 Å². The maximum atomic E-state index is 11.2. The molecule has 1 atom stereocenters. The van der Waals surface area contributed by atoms with E-state index in [9.17, 15) is 4.79 Å². The van der Waals surface area contributed by atoms with E-state index in [-0.39, 0.29) is 11.3 Å². The zero-order chi connectivity index (χ0) is 11.0. The molecule has 16 heavy (non-hydrogen) atoms. The third-order valence-corrected chi connectivity index (χ3v) is 3.91. The first-order valence-corrected chi connectivity index (χ1v) is 6.28. The van der Waals surface area contributed by atoms with E-state index in [0.717, 1.165) is 0 Å². The van der Waals surface area contributed by atoms with Crippen molar-refractivity contribution in [3.63, 3.8) is 0 Å². The molecule has 0 aromatic heterocycles. The molecule has 0 saturated carbocycles. The highest BCUT2D eigenvalue weighted by Crippen LogP contribution is 2.34. The number of fused-ring (bicyclic) bond motifs is 1. The van der Waals surface area contributed by atoms with Crippen LogP contribution in [0.25, 0.3) is 10.8 Å². The van der Waals surface area contributed by atoms with E-state index in [0.29, 0.717) is 5.75 Å². The predicted molar refractivity (Wildman–Crippen MR) is 67.3 cm³/mol. The zero-order valence-corrected chi connectivity index (χ0v) is 9.46. The summed E-state index contributed by atoms with van der Waals surface area (Å²) >= 11 is 1.66. The summed E-state index contributed by atoms with van der Waals surface area (Å²) in [5.74, 6) is 0.691. The Bertz CT molecular complexity index is 547. The van der Waals surface area contributed by atoms with Gasteiger partial charge in [-0.15, -0.1) is 11.8 Å². The van der Waals surface area contributed by atoms with Crippen molar-refractivity contribution in [2.45, 2.75) is 5.37 Å². The summed E-state index contributed by atoms with van der Waals surface area (Å²) in [6, 6.07) is 14.5. The third kappa shape index (κ3) is 1.57. The lowest BCUT2D eigenvalue weighted by Crippen LogP contribution is -2.19. The molecule has 1 aliphatic rings. The molecule has 1 fully saturated rings. The number of hydrogen-bond donors (Lipinski definition) is 1. The van der Waals surface area contributed by atoms with Crippen molar-refractivity contribution in [3.05, 3.63) is 48.0 Å². The van der Waals surface area contributed by atoms with Crippen LogP contribution in [-0.4, -0.2) is 11.7 Å². The van der Waals surface area contributed by atoms with Gasteiger partial charge in [0.15, 0.2) is 0 Å². The lowest BCUT2D eigenvalue weighted by atomic mass is 10.0. The number of rotatable bonds is 1. The van der Waals surface area contributed by atoms with Crippen molar-refractivity contribution in [1.82, 2.24) is 5.32 Å². The van der Waals surface area contributed by atoms with Gasteiger partial charge < -0.3 is 5.32 Å². The summed E-state index contributed by atoms with van der Waals surface area (Å²) < 4.78 is 0. The smallest absolute Gasteiger partial charge is 0.231 e. The largest absolute Gasteiger partial charge is 0.339 e. The summed E-state index contributed by atoms with van der Waals surface area (Å²) in [4.78, 5) is 11.2. The number of carbonyl (C=O) groups is 1. The van der Waals surface area contributed by atoms with Crippen LogP contribution in [0.3, 0.4) is 0 Å². The average molecular weight is 229 g/mol. The monoisotopic (exact) mass is 229 g/mol. The Labute approximate surface area is 98.0 Å². The Hall–Kier alpha value is -1.48. The van der Waals surface area contributed by atoms with E-state index in [1.165, 1.54) is 16.3 Å². The molecule has 0 spiro atoms. The first kappa shape index (κ1) is 9.73. The predicted octanol–water partition coefficient (Wildman–Crippen LogP) is 2.70. The maximum absolute atomic E-state index is 11.2. The van der Waals surface area contributed by atoms with E-state index >= 15 is 0 Å². The molecular formula is C13H11NOS. The minimum Gasteiger partial charge on any atom is -0.339 e. The van der Waals surface area contributed by atoms with Crippen LogP contribution >= 0.6 is 11.8 Å². The number of thioether (sulfide) groups is 1. The molecule has 1 heterocycles. The average Bonchev–Trinajstić information content (AvgIpc) is 2.75. The van der Waals surface area contributed by atoms with Gasteiger partial charge >= 0.3 is 0 Å². The number of benzene rings is 2. The molecule has 80 valence electrons. The fourth-order valence-electron chi connectivity index (χ4n) is 2.04. The molecule has 1 unspecified atom stereocenters. The van der Waals surface area contributed by atoms with E-state index < -0.39 is 0 Å². The first-order chi connectivity index (χ1) is 7.84. The Morgan fingerprint density at radius 1 is 1.12 bits per heavy atom. The van der Waals surface area contributed by atoms with Crippen molar-refractivity contribution in [3.8, 4) is 0 Å². The van der Waals surface area contributed by atoms with E-state index in [1.807, 2.05) is 18.2 Å². The highest BCUT2D eigenvalue weighted by Gasteiger charge is 2.23. The number of nitrogens with one attached hydrogen (secondary N) is 1. The molecule has 1 N–H and O–H groups in total. The fraction of sp³-hybridized carbons (Fsp3) is 0.154. The summed E-state index contributed by atoms with van der Waals surface area (Å²) in [6.45, 7) is 0. The number of carbonyl (C=O) groups excluding carboxylic acids is 1. The molecule has 1 saturated heterocycles. The number of hydrogen-bond acceptors (Lipinski definition) is 2. The van der Waals surface area contributed by atoms with Gasteiger partial charge in [0.25, 0.3) is 0 Å². The molecule has 0 bridgehead atoms. The van der Waals surface area contributed by atoms with Crippen LogP contribution in [0.15, 0.2) is 42.5 Å². The normalized spacial score (nSPS) is 20.0. The van der Waals surface area contributed by atoms with Crippen molar-refractivity contribution in [2.24, 2.45) is 0 Å². The lowest BCUT2D eigenvalue weighted by molar-refractivity contribution is -0.118. The Kier molecular flexibility index (Phi) is 2.33. The molecule has 0 radical (unpaired) electrons. The molecule has 1 amide bonds. The molecule has 3 rings (SSSR count). The van der Waals surface area contributed by atoms with Crippen LogP contribution in [0.2, 0.25) is 0 Å². The molecule has 0 aliphatic carbocycles. The van der Waals surface area contributed by atoms with Crippen molar-refractivity contribution in [2.75, 3.05) is 5.75 Å². The SMILES string of the molecule is O=C1CSC(c2cccc3ccccc23)N1. The topological polar surface area (TPSA) is 29.1 Å². The Morgan fingerprint density at radius 2 is 1.94 bits per heavy atom. The molecule has 2 aromatic carbocycles. The van der Waals surface area contributed by atoms with E-state index in [4.69, 9.17) is 0 Å². The molecule has 1 aliphatic heterocycles. The van der Waals surface area contributed by atoms with Gasteiger partial charge in [0.05, 0.1) is 5.75 Å². The van der Waals surface area contributed by atoms with Gasteiger partial charge in [-0.25, -0.2) is 0 Å². The fourth-order valence-corrected chi connectivity index (χ4v) is 3.04. The third-order valence-electron chi connectivity index (χ3n) is 2.78.